The van der Waals surface area contributed by atoms with Crippen molar-refractivity contribution in [3.8, 4) is 0 Å². The van der Waals surface area contributed by atoms with Crippen molar-refractivity contribution in [1.82, 2.24) is 15.4 Å². The Balaban J connectivity index is 1.64. The van der Waals surface area contributed by atoms with Gasteiger partial charge in [-0.25, -0.2) is 4.98 Å². The summed E-state index contributed by atoms with van der Waals surface area (Å²) in [5.74, 6) is 0.403. The second-order valence-corrected chi connectivity index (χ2v) is 6.24. The Morgan fingerprint density at radius 2 is 2.00 bits per heavy atom. The SMILES string of the molecule is O=C(Cc1ccc2ncc(Cl)cc2c1)NNc1ccc(Br)cn1. The number of benzene rings is 1. The third kappa shape index (κ3) is 4.18. The van der Waals surface area contributed by atoms with Crippen LogP contribution in [-0.2, 0) is 11.2 Å². The number of hydrogen-bond donors (Lipinski definition) is 2. The molecule has 0 radical (unpaired) electrons. The zero-order valence-electron chi connectivity index (χ0n) is 11.9. The zero-order valence-corrected chi connectivity index (χ0v) is 14.2. The number of fused-ring (bicyclic) bond motifs is 1. The lowest BCUT2D eigenvalue weighted by atomic mass is 10.1. The van der Waals surface area contributed by atoms with E-state index in [1.165, 1.54) is 0 Å². The van der Waals surface area contributed by atoms with Gasteiger partial charge in [0.15, 0.2) is 0 Å². The van der Waals surface area contributed by atoms with E-state index in [2.05, 4.69) is 36.7 Å². The van der Waals surface area contributed by atoms with E-state index < -0.39 is 0 Å². The summed E-state index contributed by atoms with van der Waals surface area (Å²) in [6.45, 7) is 0. The molecule has 23 heavy (non-hydrogen) atoms. The van der Waals surface area contributed by atoms with Gasteiger partial charge in [0.25, 0.3) is 0 Å². The Labute approximate surface area is 146 Å². The van der Waals surface area contributed by atoms with Gasteiger partial charge in [-0.3, -0.25) is 20.6 Å². The first-order valence-electron chi connectivity index (χ1n) is 6.81. The van der Waals surface area contributed by atoms with Gasteiger partial charge in [0.2, 0.25) is 5.91 Å². The first-order chi connectivity index (χ1) is 11.1. The highest BCUT2D eigenvalue weighted by molar-refractivity contribution is 9.10. The minimum Gasteiger partial charge on any atom is -0.282 e. The molecule has 2 aromatic heterocycles. The Kier molecular flexibility index (Phi) is 4.73. The van der Waals surface area contributed by atoms with Crippen LogP contribution in [0.25, 0.3) is 10.9 Å². The smallest absolute Gasteiger partial charge is 0.242 e. The van der Waals surface area contributed by atoms with Gasteiger partial charge in [0.1, 0.15) is 5.82 Å². The highest BCUT2D eigenvalue weighted by Gasteiger charge is 2.05. The minimum absolute atomic E-state index is 0.163. The first kappa shape index (κ1) is 15.7. The predicted octanol–water partition coefficient (Wildman–Crippen LogP) is 3.73. The van der Waals surface area contributed by atoms with Crippen LogP contribution in [0.4, 0.5) is 5.82 Å². The molecule has 1 aromatic carbocycles. The summed E-state index contributed by atoms with van der Waals surface area (Å²) in [5.41, 5.74) is 7.11. The second kappa shape index (κ2) is 6.93. The van der Waals surface area contributed by atoms with E-state index in [9.17, 15) is 4.79 Å². The molecule has 7 heteroatoms. The van der Waals surface area contributed by atoms with E-state index in [0.29, 0.717) is 10.8 Å². The van der Waals surface area contributed by atoms with Crippen LogP contribution in [0.15, 0.2) is 53.3 Å². The van der Waals surface area contributed by atoms with Gasteiger partial charge in [0.05, 0.1) is 17.0 Å². The molecule has 0 saturated heterocycles. The quantitative estimate of drug-likeness (QED) is 0.665. The molecular formula is C16H12BrClN4O. The maximum absolute atomic E-state index is 12.0. The van der Waals surface area contributed by atoms with Crippen LogP contribution in [0.5, 0.6) is 0 Å². The van der Waals surface area contributed by atoms with Crippen molar-refractivity contribution in [3.63, 3.8) is 0 Å². The molecule has 3 aromatic rings. The van der Waals surface area contributed by atoms with Gasteiger partial charge in [0, 0.05) is 22.3 Å². The molecule has 2 N–H and O–H groups in total. The first-order valence-corrected chi connectivity index (χ1v) is 7.98. The van der Waals surface area contributed by atoms with E-state index in [-0.39, 0.29) is 12.3 Å². The van der Waals surface area contributed by atoms with Crippen LogP contribution in [0.3, 0.4) is 0 Å². The largest absolute Gasteiger partial charge is 0.282 e. The van der Waals surface area contributed by atoms with Crippen molar-refractivity contribution >= 4 is 50.2 Å². The molecule has 1 amide bonds. The molecule has 0 unspecified atom stereocenters. The minimum atomic E-state index is -0.163. The fraction of sp³-hybridized carbons (Fsp3) is 0.0625. The van der Waals surface area contributed by atoms with Crippen molar-refractivity contribution in [1.29, 1.82) is 0 Å². The van der Waals surface area contributed by atoms with Gasteiger partial charge in [-0.15, -0.1) is 0 Å². The number of anilines is 1. The average Bonchev–Trinajstić information content (AvgIpc) is 2.54. The highest BCUT2D eigenvalue weighted by Crippen LogP contribution is 2.18. The number of hydrazine groups is 1. The number of aromatic nitrogens is 2. The van der Waals surface area contributed by atoms with Gasteiger partial charge >= 0.3 is 0 Å². The van der Waals surface area contributed by atoms with Crippen molar-refractivity contribution in [2.45, 2.75) is 6.42 Å². The van der Waals surface area contributed by atoms with E-state index in [4.69, 9.17) is 11.6 Å². The van der Waals surface area contributed by atoms with E-state index in [1.807, 2.05) is 30.3 Å². The van der Waals surface area contributed by atoms with Crippen molar-refractivity contribution in [3.05, 3.63) is 63.9 Å². The lowest BCUT2D eigenvalue weighted by molar-refractivity contribution is -0.119. The lowest BCUT2D eigenvalue weighted by Crippen LogP contribution is -2.31. The molecule has 0 bridgehead atoms. The Hall–Kier alpha value is -2.18. The highest BCUT2D eigenvalue weighted by atomic mass is 79.9. The zero-order chi connectivity index (χ0) is 16.2. The third-order valence-corrected chi connectivity index (χ3v) is 3.81. The molecule has 5 nitrogen and oxygen atoms in total. The molecule has 0 atom stereocenters. The molecule has 3 rings (SSSR count). The predicted molar refractivity (Wildman–Crippen MR) is 94.2 cm³/mol. The number of rotatable bonds is 4. The van der Waals surface area contributed by atoms with Crippen LogP contribution in [0.1, 0.15) is 5.56 Å². The summed E-state index contributed by atoms with van der Waals surface area (Å²) < 4.78 is 0.873. The number of carbonyl (C=O) groups excluding carboxylic acids is 1. The third-order valence-electron chi connectivity index (χ3n) is 3.13. The topological polar surface area (TPSA) is 66.9 Å². The van der Waals surface area contributed by atoms with Crippen LogP contribution >= 0.6 is 27.5 Å². The van der Waals surface area contributed by atoms with E-state index in [0.717, 1.165) is 20.9 Å². The summed E-state index contributed by atoms with van der Waals surface area (Å²) in [6, 6.07) is 11.1. The van der Waals surface area contributed by atoms with Crippen LogP contribution < -0.4 is 10.9 Å². The molecule has 116 valence electrons. The average molecular weight is 392 g/mol. The van der Waals surface area contributed by atoms with Crippen molar-refractivity contribution < 1.29 is 4.79 Å². The number of nitrogens with zero attached hydrogens (tertiary/aromatic N) is 2. The lowest BCUT2D eigenvalue weighted by Gasteiger charge is -2.08. The van der Waals surface area contributed by atoms with Crippen LogP contribution in [-0.4, -0.2) is 15.9 Å². The molecule has 0 fully saturated rings. The number of halogens is 2. The van der Waals surface area contributed by atoms with Gasteiger partial charge in [-0.05, 0) is 51.8 Å². The van der Waals surface area contributed by atoms with Crippen LogP contribution in [0, 0.1) is 0 Å². The maximum atomic E-state index is 12.0. The molecule has 0 aliphatic rings. The molecule has 0 spiro atoms. The number of carbonyl (C=O) groups is 1. The molecule has 0 aliphatic carbocycles. The Morgan fingerprint density at radius 3 is 2.78 bits per heavy atom. The van der Waals surface area contributed by atoms with E-state index in [1.54, 1.807) is 18.5 Å². The number of nitrogens with one attached hydrogen (secondary N) is 2. The summed E-state index contributed by atoms with van der Waals surface area (Å²) in [7, 11) is 0. The number of hydrogen-bond acceptors (Lipinski definition) is 4. The van der Waals surface area contributed by atoms with Crippen molar-refractivity contribution in [2.24, 2.45) is 0 Å². The number of amides is 1. The molecule has 2 heterocycles. The standard InChI is InChI=1S/C16H12BrClN4O/c17-12-2-4-15(20-8-12)21-22-16(23)6-10-1-3-14-11(5-10)7-13(18)9-19-14/h1-5,7-9H,6H2,(H,20,21)(H,22,23). The molecular weight excluding hydrogens is 380 g/mol. The maximum Gasteiger partial charge on any atom is 0.242 e. The van der Waals surface area contributed by atoms with E-state index >= 15 is 0 Å². The van der Waals surface area contributed by atoms with Gasteiger partial charge in [-0.1, -0.05) is 17.7 Å². The summed E-state index contributed by atoms with van der Waals surface area (Å²) in [4.78, 5) is 20.3. The summed E-state index contributed by atoms with van der Waals surface area (Å²) in [6.07, 6.45) is 3.49. The monoisotopic (exact) mass is 390 g/mol. The summed E-state index contributed by atoms with van der Waals surface area (Å²) >= 11 is 9.25. The van der Waals surface area contributed by atoms with Gasteiger partial charge in [-0.2, -0.15) is 0 Å². The van der Waals surface area contributed by atoms with Gasteiger partial charge < -0.3 is 0 Å². The Morgan fingerprint density at radius 1 is 1.13 bits per heavy atom. The second-order valence-electron chi connectivity index (χ2n) is 4.89. The normalized spacial score (nSPS) is 10.5. The molecule has 0 aliphatic heterocycles. The molecule has 0 saturated carbocycles. The Bertz CT molecular complexity index is 854. The number of pyridine rings is 2. The van der Waals surface area contributed by atoms with Crippen LogP contribution in [0.2, 0.25) is 5.02 Å². The van der Waals surface area contributed by atoms with Crippen molar-refractivity contribution in [2.75, 3.05) is 5.43 Å². The fourth-order valence-electron chi connectivity index (χ4n) is 2.08. The fourth-order valence-corrected chi connectivity index (χ4v) is 2.48. The summed E-state index contributed by atoms with van der Waals surface area (Å²) in [5, 5.41) is 1.48.